The van der Waals surface area contributed by atoms with Crippen LogP contribution in [0.2, 0.25) is 10.0 Å². The van der Waals surface area contributed by atoms with Crippen molar-refractivity contribution >= 4 is 23.2 Å². The summed E-state index contributed by atoms with van der Waals surface area (Å²) in [6.45, 7) is 0. The maximum atomic E-state index is 12.9. The number of benzene rings is 2. The van der Waals surface area contributed by atoms with E-state index in [0.29, 0.717) is 5.92 Å². The Bertz CT molecular complexity index is 958. The lowest BCUT2D eigenvalue weighted by molar-refractivity contribution is -0.137. The van der Waals surface area contributed by atoms with Gasteiger partial charge >= 0.3 is 6.18 Å². The Morgan fingerprint density at radius 2 is 1.70 bits per heavy atom. The second-order valence-electron chi connectivity index (χ2n) is 6.68. The molecule has 1 unspecified atom stereocenters. The lowest BCUT2D eigenvalue weighted by Crippen LogP contribution is -2.11. The van der Waals surface area contributed by atoms with Gasteiger partial charge in [0.15, 0.2) is 0 Å². The molecule has 7 heteroatoms. The predicted octanol–water partition coefficient (Wildman–Crippen LogP) is 6.47. The highest BCUT2D eigenvalue weighted by Crippen LogP contribution is 2.38. The minimum atomic E-state index is -4.50. The zero-order chi connectivity index (χ0) is 19.2. The number of hydrogen-bond acceptors (Lipinski definition) is 1. The summed E-state index contributed by atoms with van der Waals surface area (Å²) >= 11 is 12.2. The molecule has 0 saturated carbocycles. The van der Waals surface area contributed by atoms with Crippen LogP contribution in [0.15, 0.2) is 48.7 Å². The number of fused-ring (bicyclic) bond motifs is 1. The van der Waals surface area contributed by atoms with Crippen LogP contribution in [-0.2, 0) is 19.0 Å². The number of alkyl halides is 3. The summed E-state index contributed by atoms with van der Waals surface area (Å²) in [5.41, 5.74) is 2.69. The molecule has 27 heavy (non-hydrogen) atoms. The molecule has 0 amide bonds. The van der Waals surface area contributed by atoms with Crippen molar-refractivity contribution in [3.05, 3.63) is 81.1 Å². The Balaban J connectivity index is 1.68. The first-order chi connectivity index (χ1) is 12.8. The molecule has 0 aliphatic heterocycles. The molecule has 1 aromatic heterocycles. The third-order valence-electron chi connectivity index (χ3n) is 4.92. The number of rotatable bonds is 2. The molecule has 3 aromatic rings. The maximum Gasteiger partial charge on any atom is 0.416 e. The van der Waals surface area contributed by atoms with Gasteiger partial charge in [0.05, 0.1) is 21.3 Å². The minimum Gasteiger partial charge on any atom is -0.237 e. The zero-order valence-electron chi connectivity index (χ0n) is 14.1. The van der Waals surface area contributed by atoms with Crippen molar-refractivity contribution in [3.63, 3.8) is 0 Å². The summed E-state index contributed by atoms with van der Waals surface area (Å²) in [6.07, 6.45) is -0.0711. The fourth-order valence-electron chi connectivity index (χ4n) is 3.58. The van der Waals surface area contributed by atoms with Gasteiger partial charge in [0, 0.05) is 6.20 Å². The number of nitrogens with zero attached hydrogens (tertiary/aromatic N) is 2. The molecule has 140 valence electrons. The molecular weight excluding hydrogens is 396 g/mol. The van der Waals surface area contributed by atoms with E-state index in [0.717, 1.165) is 42.7 Å². The molecule has 1 atom stereocenters. The van der Waals surface area contributed by atoms with Crippen LogP contribution in [0.4, 0.5) is 13.2 Å². The van der Waals surface area contributed by atoms with Crippen LogP contribution in [0.1, 0.15) is 34.7 Å². The Morgan fingerprint density at radius 3 is 2.33 bits per heavy atom. The fourth-order valence-corrected chi connectivity index (χ4v) is 4.24. The molecule has 1 aliphatic carbocycles. The highest BCUT2D eigenvalue weighted by molar-refractivity contribution is 6.37. The van der Waals surface area contributed by atoms with Crippen molar-refractivity contribution in [2.75, 3.05) is 0 Å². The molecule has 0 fully saturated rings. The van der Waals surface area contributed by atoms with E-state index in [1.807, 2.05) is 24.4 Å². The number of aromatic nitrogens is 2. The number of hydrogen-bond donors (Lipinski definition) is 0. The first kappa shape index (κ1) is 18.4. The molecule has 4 rings (SSSR count). The first-order valence-corrected chi connectivity index (χ1v) is 9.27. The Labute approximate surface area is 164 Å². The summed E-state index contributed by atoms with van der Waals surface area (Å²) in [7, 11) is 0. The van der Waals surface area contributed by atoms with Gasteiger partial charge in [-0.3, -0.25) is 0 Å². The van der Waals surface area contributed by atoms with E-state index in [1.54, 1.807) is 0 Å². The van der Waals surface area contributed by atoms with Crippen LogP contribution in [0.3, 0.4) is 0 Å². The van der Waals surface area contributed by atoms with Crippen molar-refractivity contribution < 1.29 is 13.2 Å². The first-order valence-electron chi connectivity index (χ1n) is 8.52. The van der Waals surface area contributed by atoms with Crippen LogP contribution in [0.25, 0.3) is 5.69 Å². The van der Waals surface area contributed by atoms with Crippen LogP contribution in [0.5, 0.6) is 0 Å². The van der Waals surface area contributed by atoms with Gasteiger partial charge in [0.1, 0.15) is 5.69 Å². The van der Waals surface area contributed by atoms with E-state index in [9.17, 15) is 13.2 Å². The standard InChI is InChI=1S/C20H15Cl2F3N2/c21-16-9-15(20(23,24)25)10-17(22)19(16)27-11-14-8-13(6-7-18(14)26-27)12-4-2-1-3-5-12/h1-5,9-11,13H,6-8H2. The van der Waals surface area contributed by atoms with E-state index >= 15 is 0 Å². The molecule has 2 aromatic carbocycles. The lowest BCUT2D eigenvalue weighted by Gasteiger charge is -2.21. The van der Waals surface area contributed by atoms with Crippen molar-refractivity contribution in [2.24, 2.45) is 0 Å². The number of aryl methyl sites for hydroxylation is 1. The molecule has 1 aliphatic rings. The van der Waals surface area contributed by atoms with Crippen LogP contribution in [0, 0.1) is 0 Å². The third kappa shape index (κ3) is 3.58. The quantitative estimate of drug-likeness (QED) is 0.473. The summed E-state index contributed by atoms with van der Waals surface area (Å²) in [6, 6.07) is 12.0. The molecule has 0 saturated heterocycles. The van der Waals surface area contributed by atoms with E-state index in [1.165, 1.54) is 10.2 Å². The van der Waals surface area contributed by atoms with Gasteiger partial charge in [-0.1, -0.05) is 53.5 Å². The van der Waals surface area contributed by atoms with Gasteiger partial charge in [-0.2, -0.15) is 18.3 Å². The van der Waals surface area contributed by atoms with Crippen molar-refractivity contribution in [3.8, 4) is 5.69 Å². The molecule has 0 bridgehead atoms. The average Bonchev–Trinajstić information content (AvgIpc) is 3.03. The van der Waals surface area contributed by atoms with E-state index < -0.39 is 11.7 Å². The second-order valence-corrected chi connectivity index (χ2v) is 7.50. The van der Waals surface area contributed by atoms with Gasteiger partial charge in [0.2, 0.25) is 0 Å². The molecule has 2 nitrogen and oxygen atoms in total. The van der Waals surface area contributed by atoms with Gasteiger partial charge in [-0.15, -0.1) is 0 Å². The SMILES string of the molecule is FC(F)(F)c1cc(Cl)c(-n2cc3c(n2)CCC(c2ccccc2)C3)c(Cl)c1. The lowest BCUT2D eigenvalue weighted by atomic mass is 9.83. The summed E-state index contributed by atoms with van der Waals surface area (Å²) in [4.78, 5) is 0. The second kappa shape index (κ2) is 6.88. The van der Waals surface area contributed by atoms with E-state index in [2.05, 4.69) is 17.2 Å². The molecule has 0 spiro atoms. The highest BCUT2D eigenvalue weighted by atomic mass is 35.5. The normalized spacial score (nSPS) is 17.0. The average molecular weight is 411 g/mol. The van der Waals surface area contributed by atoms with Crippen molar-refractivity contribution in [1.82, 2.24) is 9.78 Å². The largest absolute Gasteiger partial charge is 0.416 e. The monoisotopic (exact) mass is 410 g/mol. The highest BCUT2D eigenvalue weighted by Gasteiger charge is 2.32. The van der Waals surface area contributed by atoms with Crippen LogP contribution < -0.4 is 0 Å². The van der Waals surface area contributed by atoms with Crippen LogP contribution >= 0.6 is 23.2 Å². The third-order valence-corrected chi connectivity index (χ3v) is 5.49. The molecule has 0 N–H and O–H groups in total. The minimum absolute atomic E-state index is 0.0747. The van der Waals surface area contributed by atoms with Crippen LogP contribution in [-0.4, -0.2) is 9.78 Å². The van der Waals surface area contributed by atoms with E-state index in [-0.39, 0.29) is 15.7 Å². The van der Waals surface area contributed by atoms with Crippen molar-refractivity contribution in [1.29, 1.82) is 0 Å². The van der Waals surface area contributed by atoms with Gasteiger partial charge in [-0.25, -0.2) is 4.68 Å². The summed E-state index contributed by atoms with van der Waals surface area (Å²) in [5.74, 6) is 0.398. The fraction of sp³-hybridized carbons (Fsp3) is 0.250. The zero-order valence-corrected chi connectivity index (χ0v) is 15.6. The van der Waals surface area contributed by atoms with Crippen molar-refractivity contribution in [2.45, 2.75) is 31.4 Å². The summed E-state index contributed by atoms with van der Waals surface area (Å²) in [5, 5.41) is 4.38. The smallest absolute Gasteiger partial charge is 0.237 e. The predicted molar refractivity (Wildman–Crippen MR) is 99.8 cm³/mol. The topological polar surface area (TPSA) is 17.8 Å². The molecule has 0 radical (unpaired) electrons. The van der Waals surface area contributed by atoms with Gasteiger partial charge in [-0.05, 0) is 48.4 Å². The summed E-state index contributed by atoms with van der Waals surface area (Å²) < 4.78 is 40.3. The Morgan fingerprint density at radius 1 is 1.04 bits per heavy atom. The Kier molecular flexibility index (Phi) is 4.68. The van der Waals surface area contributed by atoms with Gasteiger partial charge < -0.3 is 0 Å². The maximum absolute atomic E-state index is 12.9. The molecular formula is C20H15Cl2F3N2. The number of halogens is 5. The van der Waals surface area contributed by atoms with Gasteiger partial charge in [0.25, 0.3) is 0 Å². The molecule has 1 heterocycles. The van der Waals surface area contributed by atoms with E-state index in [4.69, 9.17) is 23.2 Å². The Hall–Kier alpha value is -1.98.